The van der Waals surface area contributed by atoms with Crippen LogP contribution in [0, 0.1) is 5.92 Å². The summed E-state index contributed by atoms with van der Waals surface area (Å²) in [5.41, 5.74) is 1.69. The van der Waals surface area contributed by atoms with E-state index >= 15 is 0 Å². The van der Waals surface area contributed by atoms with Gasteiger partial charge in [-0.15, -0.1) is 0 Å². The van der Waals surface area contributed by atoms with E-state index < -0.39 is 0 Å². The minimum absolute atomic E-state index is 0.0324. The van der Waals surface area contributed by atoms with Gasteiger partial charge in [0.2, 0.25) is 5.91 Å². The summed E-state index contributed by atoms with van der Waals surface area (Å²) in [6.07, 6.45) is 4.60. The number of hydrogen-bond donors (Lipinski definition) is 1. The van der Waals surface area contributed by atoms with Crippen molar-refractivity contribution in [2.45, 2.75) is 38.6 Å². The average Bonchev–Trinajstić information content (AvgIpc) is 3.22. The Morgan fingerprint density at radius 2 is 2.00 bits per heavy atom. The van der Waals surface area contributed by atoms with Gasteiger partial charge in [0.1, 0.15) is 6.26 Å². The molecular formula is C21H26N2O3. The Balaban J connectivity index is 1.81. The number of nitrogens with zero attached hydrogens (tertiary/aromatic N) is 1. The van der Waals surface area contributed by atoms with Crippen molar-refractivity contribution >= 4 is 11.8 Å². The summed E-state index contributed by atoms with van der Waals surface area (Å²) >= 11 is 0. The summed E-state index contributed by atoms with van der Waals surface area (Å²) in [7, 11) is 0. The van der Waals surface area contributed by atoms with Crippen molar-refractivity contribution in [3.63, 3.8) is 0 Å². The van der Waals surface area contributed by atoms with Crippen molar-refractivity contribution < 1.29 is 14.0 Å². The number of furan rings is 1. The van der Waals surface area contributed by atoms with Gasteiger partial charge < -0.3 is 14.6 Å². The largest absolute Gasteiger partial charge is 0.472 e. The van der Waals surface area contributed by atoms with Crippen molar-refractivity contribution in [2.24, 2.45) is 5.92 Å². The molecule has 2 amide bonds. The lowest BCUT2D eigenvalue weighted by Crippen LogP contribution is -2.49. The zero-order valence-corrected chi connectivity index (χ0v) is 15.4. The summed E-state index contributed by atoms with van der Waals surface area (Å²) in [5, 5.41) is 3.07. The first-order valence-electron chi connectivity index (χ1n) is 9.25. The summed E-state index contributed by atoms with van der Waals surface area (Å²) in [5.74, 6) is -0.113. The summed E-state index contributed by atoms with van der Waals surface area (Å²) in [6.45, 7) is 5.11. The van der Waals surface area contributed by atoms with E-state index in [1.807, 2.05) is 32.0 Å². The van der Waals surface area contributed by atoms with E-state index in [0.29, 0.717) is 18.7 Å². The first kappa shape index (κ1) is 18.2. The highest BCUT2D eigenvalue weighted by Gasteiger charge is 2.35. The first-order chi connectivity index (χ1) is 12.6. The minimum atomic E-state index is -0.209. The molecule has 5 nitrogen and oxygen atoms in total. The van der Waals surface area contributed by atoms with Crippen LogP contribution in [0.1, 0.15) is 48.5 Å². The van der Waals surface area contributed by atoms with Gasteiger partial charge >= 0.3 is 0 Å². The molecule has 138 valence electrons. The van der Waals surface area contributed by atoms with Gasteiger partial charge in [-0.2, -0.15) is 0 Å². The lowest BCUT2D eigenvalue weighted by molar-refractivity contribution is -0.127. The van der Waals surface area contributed by atoms with Crippen LogP contribution in [0.3, 0.4) is 0 Å². The number of nitrogens with one attached hydrogen (secondary N) is 1. The Labute approximate surface area is 154 Å². The number of amides is 2. The van der Waals surface area contributed by atoms with Crippen LogP contribution in [0.5, 0.6) is 0 Å². The molecule has 0 aliphatic carbocycles. The fraction of sp³-hybridized carbons (Fsp3) is 0.429. The van der Waals surface area contributed by atoms with E-state index in [1.54, 1.807) is 11.0 Å². The molecule has 0 saturated carbocycles. The number of carbonyl (C=O) groups is 2. The molecule has 26 heavy (non-hydrogen) atoms. The van der Waals surface area contributed by atoms with E-state index in [9.17, 15) is 9.59 Å². The molecule has 1 saturated heterocycles. The molecule has 5 heteroatoms. The second-order valence-electron chi connectivity index (χ2n) is 7.08. The van der Waals surface area contributed by atoms with E-state index in [2.05, 4.69) is 17.4 Å². The normalized spacial score (nSPS) is 21.2. The predicted octanol–water partition coefficient (Wildman–Crippen LogP) is 3.44. The second kappa shape index (κ2) is 8.21. The summed E-state index contributed by atoms with van der Waals surface area (Å²) in [6, 6.07) is 11.9. The van der Waals surface area contributed by atoms with Crippen LogP contribution in [0.2, 0.25) is 0 Å². The number of likely N-dealkylation sites (tertiary alicyclic amines) is 1. The third kappa shape index (κ3) is 4.15. The molecule has 0 spiro atoms. The van der Waals surface area contributed by atoms with Gasteiger partial charge in [-0.25, -0.2) is 0 Å². The molecule has 1 fully saturated rings. The second-order valence-corrected chi connectivity index (χ2v) is 7.08. The Bertz CT molecular complexity index is 727. The van der Waals surface area contributed by atoms with Gasteiger partial charge in [-0.3, -0.25) is 9.59 Å². The van der Waals surface area contributed by atoms with Gasteiger partial charge in [0, 0.05) is 25.0 Å². The fourth-order valence-electron chi connectivity index (χ4n) is 3.45. The maximum Gasteiger partial charge on any atom is 0.257 e. The lowest BCUT2D eigenvalue weighted by atomic mass is 9.83. The Morgan fingerprint density at radius 1 is 1.23 bits per heavy atom. The van der Waals surface area contributed by atoms with Crippen molar-refractivity contribution in [3.05, 3.63) is 60.1 Å². The molecule has 1 aromatic heterocycles. The highest BCUT2D eigenvalue weighted by Crippen LogP contribution is 2.31. The minimum Gasteiger partial charge on any atom is -0.472 e. The first-order valence-corrected chi connectivity index (χ1v) is 9.25. The molecule has 2 aromatic rings. The Kier molecular flexibility index (Phi) is 5.76. The third-order valence-electron chi connectivity index (χ3n) is 5.15. The van der Waals surface area contributed by atoms with Gasteiger partial charge in [-0.1, -0.05) is 37.3 Å². The molecule has 1 aliphatic heterocycles. The monoisotopic (exact) mass is 354 g/mol. The smallest absolute Gasteiger partial charge is 0.257 e. The molecule has 3 rings (SSSR count). The van der Waals surface area contributed by atoms with Crippen LogP contribution in [-0.4, -0.2) is 35.8 Å². The Morgan fingerprint density at radius 3 is 2.65 bits per heavy atom. The fourth-order valence-corrected chi connectivity index (χ4v) is 3.45. The van der Waals surface area contributed by atoms with Crippen LogP contribution in [-0.2, 0) is 4.79 Å². The van der Waals surface area contributed by atoms with Gasteiger partial charge in [0.25, 0.3) is 5.91 Å². The van der Waals surface area contributed by atoms with E-state index in [4.69, 9.17) is 4.42 Å². The van der Waals surface area contributed by atoms with Crippen molar-refractivity contribution in [2.75, 3.05) is 13.1 Å². The molecular weight excluding hydrogens is 328 g/mol. The summed E-state index contributed by atoms with van der Waals surface area (Å²) in [4.78, 5) is 27.3. The molecule has 1 aromatic carbocycles. The molecule has 3 atom stereocenters. The highest BCUT2D eigenvalue weighted by molar-refractivity contribution is 5.94. The molecule has 0 radical (unpaired) electrons. The Hall–Kier alpha value is -2.56. The number of rotatable bonds is 5. The summed E-state index contributed by atoms with van der Waals surface area (Å²) < 4.78 is 5.05. The van der Waals surface area contributed by atoms with Crippen LogP contribution < -0.4 is 5.32 Å². The zero-order valence-electron chi connectivity index (χ0n) is 15.4. The molecule has 0 bridgehead atoms. The topological polar surface area (TPSA) is 62.6 Å². The van der Waals surface area contributed by atoms with Crippen LogP contribution in [0.4, 0.5) is 0 Å². The zero-order chi connectivity index (χ0) is 18.5. The highest BCUT2D eigenvalue weighted by atomic mass is 16.3. The molecule has 2 heterocycles. The quantitative estimate of drug-likeness (QED) is 0.895. The van der Waals surface area contributed by atoms with Crippen LogP contribution >= 0.6 is 0 Å². The molecule has 1 aliphatic rings. The maximum atomic E-state index is 12.8. The van der Waals surface area contributed by atoms with Crippen molar-refractivity contribution in [1.82, 2.24) is 10.2 Å². The van der Waals surface area contributed by atoms with E-state index in [0.717, 1.165) is 12.8 Å². The lowest BCUT2D eigenvalue weighted by Gasteiger charge is -2.37. The van der Waals surface area contributed by atoms with Crippen LogP contribution in [0.15, 0.2) is 53.3 Å². The van der Waals surface area contributed by atoms with E-state index in [-0.39, 0.29) is 29.7 Å². The number of benzene rings is 1. The van der Waals surface area contributed by atoms with Crippen molar-refractivity contribution in [1.29, 1.82) is 0 Å². The molecule has 1 N–H and O–H groups in total. The van der Waals surface area contributed by atoms with Crippen molar-refractivity contribution in [3.8, 4) is 0 Å². The van der Waals surface area contributed by atoms with Crippen LogP contribution in [0.25, 0.3) is 0 Å². The third-order valence-corrected chi connectivity index (χ3v) is 5.15. The number of piperidine rings is 1. The van der Waals surface area contributed by atoms with Gasteiger partial charge in [0.05, 0.1) is 17.7 Å². The predicted molar refractivity (Wildman–Crippen MR) is 99.8 cm³/mol. The van der Waals surface area contributed by atoms with Gasteiger partial charge in [0.15, 0.2) is 0 Å². The SMILES string of the molecule is CCC(C)NC(=O)C1CC(c2ccccc2)CN(C(=O)c2ccoc2)C1. The van der Waals surface area contributed by atoms with E-state index in [1.165, 1.54) is 18.1 Å². The number of hydrogen-bond acceptors (Lipinski definition) is 3. The number of carbonyl (C=O) groups excluding carboxylic acids is 2. The standard InChI is InChI=1S/C21H26N2O3/c1-3-15(2)22-20(24)19-11-18(16-7-5-4-6-8-16)12-23(13-19)21(25)17-9-10-26-14-17/h4-10,14-15,18-19H,3,11-13H2,1-2H3,(H,22,24). The average molecular weight is 354 g/mol. The molecule has 3 unspecified atom stereocenters. The maximum absolute atomic E-state index is 12.8. The van der Waals surface area contributed by atoms with Gasteiger partial charge in [-0.05, 0) is 31.4 Å².